The van der Waals surface area contributed by atoms with E-state index in [9.17, 15) is 4.21 Å². The van der Waals surface area contributed by atoms with Crippen LogP contribution in [0.15, 0.2) is 53.4 Å². The molecule has 0 bridgehead atoms. The van der Waals surface area contributed by atoms with Gasteiger partial charge in [-0.05, 0) is 43.3 Å². The molecular weight excluding hydrogens is 256 g/mol. The minimum atomic E-state index is -1.49. The summed E-state index contributed by atoms with van der Waals surface area (Å²) in [7, 11) is 0. The molecule has 2 nitrogen and oxygen atoms in total. The summed E-state index contributed by atoms with van der Waals surface area (Å²) in [6, 6.07) is 14.2. The first-order valence-corrected chi connectivity index (χ1v) is 6.53. The van der Waals surface area contributed by atoms with E-state index in [0.717, 1.165) is 5.56 Å². The van der Waals surface area contributed by atoms with Crippen LogP contribution in [0.2, 0.25) is 5.02 Å². The van der Waals surface area contributed by atoms with Crippen molar-refractivity contribution >= 4 is 22.7 Å². The molecule has 0 aliphatic carbocycles. The third-order valence-corrected chi connectivity index (χ3v) is 3.45. The third-order valence-electron chi connectivity index (χ3n) is 2.20. The van der Waals surface area contributed by atoms with Gasteiger partial charge in [-0.3, -0.25) is 0 Å². The third kappa shape index (κ3) is 3.32. The van der Waals surface area contributed by atoms with Gasteiger partial charge in [-0.1, -0.05) is 29.3 Å². The minimum absolute atomic E-state index is 0.535. The topological polar surface area (TPSA) is 26.3 Å². The molecule has 0 aliphatic rings. The molecular formula is C13H11ClO2S. The van der Waals surface area contributed by atoms with Crippen LogP contribution in [0.5, 0.6) is 5.75 Å². The second-order valence-electron chi connectivity index (χ2n) is 3.59. The van der Waals surface area contributed by atoms with E-state index in [1.54, 1.807) is 36.4 Å². The molecule has 0 amide bonds. The summed E-state index contributed by atoms with van der Waals surface area (Å²) in [5.41, 5.74) is 1.12. The highest BCUT2D eigenvalue weighted by Gasteiger charge is 2.05. The zero-order valence-electron chi connectivity index (χ0n) is 9.22. The zero-order chi connectivity index (χ0) is 12.3. The summed E-state index contributed by atoms with van der Waals surface area (Å²) in [4.78, 5) is 0.644. The van der Waals surface area contributed by atoms with Gasteiger partial charge in [0.15, 0.2) is 0 Å². The number of benzene rings is 2. The van der Waals surface area contributed by atoms with Gasteiger partial charge < -0.3 is 4.18 Å². The van der Waals surface area contributed by atoms with Crippen molar-refractivity contribution in [3.8, 4) is 5.75 Å². The van der Waals surface area contributed by atoms with Crippen molar-refractivity contribution in [3.63, 3.8) is 0 Å². The summed E-state index contributed by atoms with van der Waals surface area (Å²) >= 11 is 4.26. The minimum Gasteiger partial charge on any atom is -0.397 e. The molecule has 0 aliphatic heterocycles. The molecule has 0 spiro atoms. The van der Waals surface area contributed by atoms with Crippen molar-refractivity contribution < 1.29 is 8.39 Å². The fourth-order valence-electron chi connectivity index (χ4n) is 1.28. The maximum absolute atomic E-state index is 11.9. The Bertz CT molecular complexity index is 520. The Balaban J connectivity index is 2.11. The summed E-state index contributed by atoms with van der Waals surface area (Å²) in [6.07, 6.45) is 0. The predicted octanol–water partition coefficient (Wildman–Crippen LogP) is 3.75. The van der Waals surface area contributed by atoms with Crippen LogP contribution in [0, 0.1) is 6.92 Å². The second kappa shape index (κ2) is 5.34. The van der Waals surface area contributed by atoms with E-state index < -0.39 is 11.1 Å². The van der Waals surface area contributed by atoms with Gasteiger partial charge in [0.2, 0.25) is 11.1 Å². The average molecular weight is 267 g/mol. The van der Waals surface area contributed by atoms with E-state index in [2.05, 4.69) is 0 Å². The fraction of sp³-hybridized carbons (Fsp3) is 0.0769. The lowest BCUT2D eigenvalue weighted by Gasteiger charge is -2.05. The smallest absolute Gasteiger partial charge is 0.240 e. The van der Waals surface area contributed by atoms with Crippen LogP contribution in [0.4, 0.5) is 0 Å². The maximum atomic E-state index is 11.9. The quantitative estimate of drug-likeness (QED) is 0.846. The van der Waals surface area contributed by atoms with Gasteiger partial charge in [0.1, 0.15) is 5.75 Å². The zero-order valence-corrected chi connectivity index (χ0v) is 10.8. The Kier molecular flexibility index (Phi) is 3.82. The van der Waals surface area contributed by atoms with Crippen molar-refractivity contribution in [2.24, 2.45) is 0 Å². The predicted molar refractivity (Wildman–Crippen MR) is 69.7 cm³/mol. The molecule has 0 fully saturated rings. The molecule has 0 radical (unpaired) electrons. The molecule has 0 saturated carbocycles. The van der Waals surface area contributed by atoms with Gasteiger partial charge in [-0.25, -0.2) is 4.21 Å². The Morgan fingerprint density at radius 3 is 2.18 bits per heavy atom. The average Bonchev–Trinajstić information content (AvgIpc) is 2.33. The van der Waals surface area contributed by atoms with Gasteiger partial charge in [0.25, 0.3) is 0 Å². The lowest BCUT2D eigenvalue weighted by Crippen LogP contribution is -2.00. The van der Waals surface area contributed by atoms with Crippen molar-refractivity contribution in [1.29, 1.82) is 0 Å². The van der Waals surface area contributed by atoms with Gasteiger partial charge in [-0.15, -0.1) is 0 Å². The number of hydrogen-bond acceptors (Lipinski definition) is 2. The monoisotopic (exact) mass is 266 g/mol. The Morgan fingerprint density at radius 2 is 1.59 bits per heavy atom. The summed E-state index contributed by atoms with van der Waals surface area (Å²) < 4.78 is 17.2. The fourth-order valence-corrected chi connectivity index (χ4v) is 2.14. The first-order valence-electron chi connectivity index (χ1n) is 5.07. The van der Waals surface area contributed by atoms with Crippen molar-refractivity contribution in [2.45, 2.75) is 11.8 Å². The molecule has 2 rings (SSSR count). The Morgan fingerprint density at radius 1 is 1.00 bits per heavy atom. The van der Waals surface area contributed by atoms with E-state index in [-0.39, 0.29) is 0 Å². The van der Waals surface area contributed by atoms with Crippen LogP contribution in [0.3, 0.4) is 0 Å². The molecule has 0 aromatic heterocycles. The molecule has 2 aromatic carbocycles. The SMILES string of the molecule is Cc1ccc(S(=O)Oc2ccc(Cl)cc2)cc1. The summed E-state index contributed by atoms with van der Waals surface area (Å²) in [6.45, 7) is 1.98. The van der Waals surface area contributed by atoms with E-state index in [1.807, 2.05) is 19.1 Å². The molecule has 17 heavy (non-hydrogen) atoms. The summed E-state index contributed by atoms with van der Waals surface area (Å²) in [5.74, 6) is 0.535. The Hall–Kier alpha value is -1.32. The van der Waals surface area contributed by atoms with Crippen molar-refractivity contribution in [3.05, 3.63) is 59.1 Å². The van der Waals surface area contributed by atoms with Gasteiger partial charge in [-0.2, -0.15) is 0 Å². The molecule has 0 heterocycles. The van der Waals surface area contributed by atoms with E-state index in [0.29, 0.717) is 15.7 Å². The molecule has 88 valence electrons. The van der Waals surface area contributed by atoms with Crippen LogP contribution in [0.1, 0.15) is 5.56 Å². The number of rotatable bonds is 3. The number of halogens is 1. The van der Waals surface area contributed by atoms with Crippen LogP contribution in [-0.4, -0.2) is 4.21 Å². The van der Waals surface area contributed by atoms with Crippen molar-refractivity contribution in [2.75, 3.05) is 0 Å². The lowest BCUT2D eigenvalue weighted by molar-refractivity contribution is 0.562. The Labute approximate surface area is 108 Å². The molecule has 4 heteroatoms. The number of aryl methyl sites for hydroxylation is 1. The van der Waals surface area contributed by atoms with E-state index in [4.69, 9.17) is 15.8 Å². The molecule has 2 aromatic rings. The highest BCUT2D eigenvalue weighted by molar-refractivity contribution is 7.80. The van der Waals surface area contributed by atoms with Gasteiger partial charge in [0, 0.05) is 5.02 Å². The van der Waals surface area contributed by atoms with Gasteiger partial charge >= 0.3 is 0 Å². The highest BCUT2D eigenvalue weighted by Crippen LogP contribution is 2.18. The first kappa shape index (κ1) is 12.1. The highest BCUT2D eigenvalue weighted by atomic mass is 35.5. The van der Waals surface area contributed by atoms with E-state index >= 15 is 0 Å². The van der Waals surface area contributed by atoms with Gasteiger partial charge in [0.05, 0.1) is 4.90 Å². The molecule has 1 atom stereocenters. The number of hydrogen-bond donors (Lipinski definition) is 0. The summed E-state index contributed by atoms with van der Waals surface area (Å²) in [5, 5.41) is 0.624. The first-order chi connectivity index (χ1) is 8.15. The van der Waals surface area contributed by atoms with Crippen LogP contribution < -0.4 is 4.18 Å². The molecule has 1 unspecified atom stereocenters. The van der Waals surface area contributed by atoms with Crippen LogP contribution in [0.25, 0.3) is 0 Å². The largest absolute Gasteiger partial charge is 0.397 e. The van der Waals surface area contributed by atoms with E-state index in [1.165, 1.54) is 0 Å². The lowest BCUT2D eigenvalue weighted by atomic mass is 10.2. The molecule has 0 saturated heterocycles. The van der Waals surface area contributed by atoms with Crippen LogP contribution >= 0.6 is 11.6 Å². The normalized spacial score (nSPS) is 12.1. The standard InChI is InChI=1S/C13H11ClO2S/c1-10-2-8-13(9-3-10)17(15)16-12-6-4-11(14)5-7-12/h2-9H,1H3. The second-order valence-corrected chi connectivity index (χ2v) is 5.13. The maximum Gasteiger partial charge on any atom is 0.240 e. The van der Waals surface area contributed by atoms with Crippen LogP contribution in [-0.2, 0) is 11.1 Å². The van der Waals surface area contributed by atoms with Crippen molar-refractivity contribution in [1.82, 2.24) is 0 Å². The molecule has 0 N–H and O–H groups in total.